The molecule has 0 spiro atoms. The number of nitrogens with one attached hydrogen (secondary N) is 2. The molecule has 0 aromatic heterocycles. The minimum atomic E-state index is -0.583. The lowest BCUT2D eigenvalue weighted by atomic mass is 10.1. The van der Waals surface area contributed by atoms with Crippen molar-refractivity contribution in [3.63, 3.8) is 0 Å². The zero-order valence-electron chi connectivity index (χ0n) is 14.0. The van der Waals surface area contributed by atoms with Crippen LogP contribution in [0.15, 0.2) is 48.5 Å². The van der Waals surface area contributed by atoms with E-state index in [1.165, 1.54) is 17.7 Å². The third-order valence-corrected chi connectivity index (χ3v) is 4.27. The highest BCUT2D eigenvalue weighted by Gasteiger charge is 2.33. The van der Waals surface area contributed by atoms with E-state index in [2.05, 4.69) is 17.6 Å². The van der Waals surface area contributed by atoms with Gasteiger partial charge in [-0.3, -0.25) is 4.79 Å². The van der Waals surface area contributed by atoms with Crippen molar-refractivity contribution in [2.75, 3.05) is 16.8 Å². The summed E-state index contributed by atoms with van der Waals surface area (Å²) in [5.41, 5.74) is 2.49. The van der Waals surface area contributed by atoms with E-state index in [4.69, 9.17) is 0 Å². The first-order chi connectivity index (χ1) is 12.1. The summed E-state index contributed by atoms with van der Waals surface area (Å²) in [5.74, 6) is -0.540. The molecule has 1 fully saturated rings. The lowest BCUT2D eigenvalue weighted by molar-refractivity contribution is -0.118. The smallest absolute Gasteiger partial charge is 0.319 e. The Labute approximate surface area is 145 Å². The molecule has 5 nitrogen and oxygen atoms in total. The molecule has 2 aromatic rings. The van der Waals surface area contributed by atoms with Gasteiger partial charge in [0.05, 0.1) is 0 Å². The summed E-state index contributed by atoms with van der Waals surface area (Å²) in [5, 5.41) is 5.43. The third-order valence-electron chi connectivity index (χ3n) is 4.27. The molecule has 6 heteroatoms. The summed E-state index contributed by atoms with van der Waals surface area (Å²) in [6.07, 6.45) is 1.45. The molecule has 1 aliphatic rings. The van der Waals surface area contributed by atoms with Gasteiger partial charge in [-0.2, -0.15) is 0 Å². The predicted octanol–water partition coefficient (Wildman–Crippen LogP) is 3.32. The second-order valence-corrected chi connectivity index (χ2v) is 5.96. The lowest BCUT2D eigenvalue weighted by Gasteiger charge is -2.17. The zero-order valence-corrected chi connectivity index (χ0v) is 14.0. The van der Waals surface area contributed by atoms with Gasteiger partial charge in [0.25, 0.3) is 0 Å². The first-order valence-corrected chi connectivity index (χ1v) is 8.30. The molecule has 0 saturated carbocycles. The summed E-state index contributed by atoms with van der Waals surface area (Å²) in [4.78, 5) is 26.1. The van der Waals surface area contributed by atoms with Gasteiger partial charge in [-0.05, 0) is 54.8 Å². The van der Waals surface area contributed by atoms with E-state index < -0.39 is 12.1 Å². The van der Waals surface area contributed by atoms with Crippen LogP contribution < -0.4 is 15.5 Å². The van der Waals surface area contributed by atoms with Gasteiger partial charge < -0.3 is 15.5 Å². The number of amides is 3. The van der Waals surface area contributed by atoms with Crippen LogP contribution in [0.4, 0.5) is 20.6 Å². The molecule has 3 amide bonds. The van der Waals surface area contributed by atoms with E-state index in [9.17, 15) is 14.0 Å². The minimum Gasteiger partial charge on any atom is -0.326 e. The highest BCUT2D eigenvalue weighted by molar-refractivity contribution is 6.02. The van der Waals surface area contributed by atoms with Crippen LogP contribution >= 0.6 is 0 Å². The van der Waals surface area contributed by atoms with Crippen LogP contribution in [0, 0.1) is 5.82 Å². The van der Waals surface area contributed by atoms with Crippen molar-refractivity contribution in [1.29, 1.82) is 0 Å². The molecular formula is C19H20FN3O2. The first-order valence-electron chi connectivity index (χ1n) is 8.30. The van der Waals surface area contributed by atoms with E-state index in [0.717, 1.165) is 6.42 Å². The number of rotatable bonds is 4. The zero-order chi connectivity index (χ0) is 17.8. The van der Waals surface area contributed by atoms with E-state index in [1.54, 1.807) is 17.0 Å². The number of hydrogen-bond donors (Lipinski definition) is 2. The number of carbonyl (C=O) groups is 2. The quantitative estimate of drug-likeness (QED) is 0.896. The van der Waals surface area contributed by atoms with Crippen molar-refractivity contribution >= 4 is 23.3 Å². The number of carbonyl (C=O) groups excluding carboxylic acids is 2. The van der Waals surface area contributed by atoms with Crippen molar-refractivity contribution in [3.05, 3.63) is 59.9 Å². The van der Waals surface area contributed by atoms with Crippen LogP contribution in [-0.2, 0) is 11.2 Å². The minimum absolute atomic E-state index is 0.192. The molecule has 25 heavy (non-hydrogen) atoms. The number of urea groups is 1. The van der Waals surface area contributed by atoms with Crippen molar-refractivity contribution in [2.24, 2.45) is 0 Å². The van der Waals surface area contributed by atoms with Crippen LogP contribution in [0.5, 0.6) is 0 Å². The average Bonchev–Trinajstić information content (AvgIpc) is 2.97. The number of hydrogen-bond acceptors (Lipinski definition) is 2. The molecule has 3 rings (SSSR count). The molecule has 2 aromatic carbocycles. The summed E-state index contributed by atoms with van der Waals surface area (Å²) < 4.78 is 13.0. The summed E-state index contributed by atoms with van der Waals surface area (Å²) >= 11 is 0. The van der Waals surface area contributed by atoms with Gasteiger partial charge in [0, 0.05) is 17.9 Å². The van der Waals surface area contributed by atoms with E-state index >= 15 is 0 Å². The molecular weight excluding hydrogens is 321 g/mol. The van der Waals surface area contributed by atoms with Gasteiger partial charge in [0.15, 0.2) is 0 Å². The van der Waals surface area contributed by atoms with Crippen LogP contribution in [-0.4, -0.2) is 24.5 Å². The van der Waals surface area contributed by atoms with E-state index in [-0.39, 0.29) is 11.7 Å². The van der Waals surface area contributed by atoms with Gasteiger partial charge in [0.1, 0.15) is 11.9 Å². The number of halogens is 1. The summed E-state index contributed by atoms with van der Waals surface area (Å²) in [6.45, 7) is 2.55. The fraction of sp³-hybridized carbons (Fsp3) is 0.263. The van der Waals surface area contributed by atoms with Crippen molar-refractivity contribution in [1.82, 2.24) is 5.32 Å². The summed E-state index contributed by atoms with van der Waals surface area (Å²) in [7, 11) is 0. The fourth-order valence-corrected chi connectivity index (χ4v) is 2.84. The highest BCUT2D eigenvalue weighted by Crippen LogP contribution is 2.22. The molecule has 1 saturated heterocycles. The Kier molecular flexibility index (Phi) is 4.97. The van der Waals surface area contributed by atoms with Gasteiger partial charge in [0.2, 0.25) is 5.91 Å². The van der Waals surface area contributed by atoms with E-state index in [1.807, 2.05) is 24.3 Å². The molecule has 1 aliphatic heterocycles. The molecule has 0 bridgehead atoms. The van der Waals surface area contributed by atoms with Crippen molar-refractivity contribution < 1.29 is 14.0 Å². The van der Waals surface area contributed by atoms with Gasteiger partial charge in [-0.15, -0.1) is 0 Å². The Morgan fingerprint density at radius 2 is 1.84 bits per heavy atom. The standard InChI is InChI=1S/C19H20FN3O2/c1-2-13-3-7-15(8-4-13)21-19(25)22-17-11-12-23(18(17)24)16-9-5-14(20)6-10-16/h3-10,17H,2,11-12H2,1H3,(H2,21,22,25)/t17-/m1/s1. The maximum atomic E-state index is 13.0. The Hall–Kier alpha value is -2.89. The lowest BCUT2D eigenvalue weighted by Crippen LogP contribution is -2.43. The molecule has 0 aliphatic carbocycles. The van der Waals surface area contributed by atoms with Crippen molar-refractivity contribution in [2.45, 2.75) is 25.8 Å². The second-order valence-electron chi connectivity index (χ2n) is 5.96. The van der Waals surface area contributed by atoms with Crippen LogP contribution in [0.2, 0.25) is 0 Å². The Balaban J connectivity index is 1.58. The predicted molar refractivity (Wildman–Crippen MR) is 95.1 cm³/mol. The van der Waals surface area contributed by atoms with Gasteiger partial charge >= 0.3 is 6.03 Å². The van der Waals surface area contributed by atoms with Crippen LogP contribution in [0.1, 0.15) is 18.9 Å². The largest absolute Gasteiger partial charge is 0.326 e. The van der Waals surface area contributed by atoms with Crippen LogP contribution in [0.3, 0.4) is 0 Å². The molecule has 0 unspecified atom stereocenters. The Bertz CT molecular complexity index is 759. The molecule has 0 radical (unpaired) electrons. The number of anilines is 2. The highest BCUT2D eigenvalue weighted by atomic mass is 19.1. The maximum Gasteiger partial charge on any atom is 0.319 e. The monoisotopic (exact) mass is 341 g/mol. The number of nitrogens with zero attached hydrogens (tertiary/aromatic N) is 1. The maximum absolute atomic E-state index is 13.0. The average molecular weight is 341 g/mol. The Morgan fingerprint density at radius 3 is 2.48 bits per heavy atom. The molecule has 1 atom stereocenters. The van der Waals surface area contributed by atoms with Crippen molar-refractivity contribution in [3.8, 4) is 0 Å². The van der Waals surface area contributed by atoms with Gasteiger partial charge in [-0.25, -0.2) is 9.18 Å². The summed E-state index contributed by atoms with van der Waals surface area (Å²) in [6, 6.07) is 12.3. The van der Waals surface area contributed by atoms with Crippen LogP contribution in [0.25, 0.3) is 0 Å². The molecule has 1 heterocycles. The number of aryl methyl sites for hydroxylation is 1. The normalized spacial score (nSPS) is 16.8. The third kappa shape index (κ3) is 3.96. The van der Waals surface area contributed by atoms with E-state index in [0.29, 0.717) is 24.3 Å². The molecule has 2 N–H and O–H groups in total. The second kappa shape index (κ2) is 7.34. The number of benzene rings is 2. The SMILES string of the molecule is CCc1ccc(NC(=O)N[C@@H]2CCN(c3ccc(F)cc3)C2=O)cc1. The topological polar surface area (TPSA) is 61.4 Å². The Morgan fingerprint density at radius 1 is 1.16 bits per heavy atom. The fourth-order valence-electron chi connectivity index (χ4n) is 2.84. The van der Waals surface area contributed by atoms with Gasteiger partial charge in [-0.1, -0.05) is 19.1 Å². The first kappa shape index (κ1) is 17.0. The molecule has 130 valence electrons.